The molecule has 5 saturated heterocycles. The summed E-state index contributed by atoms with van der Waals surface area (Å²) in [5.74, 6) is -6.81. The van der Waals surface area contributed by atoms with Crippen LogP contribution in [0, 0.1) is 0 Å². The fourth-order valence-corrected chi connectivity index (χ4v) is 8.42. The highest BCUT2D eigenvalue weighted by molar-refractivity contribution is 5.76. The number of aliphatic hydroxyl groups excluding tert-OH is 16. The third kappa shape index (κ3) is 12.0. The number of hydrogen-bond acceptors (Lipinski definition) is 28. The molecule has 26 atom stereocenters. The number of nitrogens with one attached hydrogen (secondary N) is 2. The molecule has 0 aromatic carbocycles. The van der Waals surface area contributed by atoms with Crippen LogP contribution < -0.4 is 10.6 Å². The lowest BCUT2D eigenvalue weighted by molar-refractivity contribution is -0.382. The molecule has 0 aliphatic carbocycles. The molecule has 0 saturated carbocycles. The number of amides is 2. The molecule has 31 heteroatoms. The predicted molar refractivity (Wildman–Crippen MR) is 207 cm³/mol. The van der Waals surface area contributed by atoms with Crippen molar-refractivity contribution >= 4 is 17.8 Å². The van der Waals surface area contributed by atoms with Crippen LogP contribution in [0.15, 0.2) is 0 Å². The minimum Gasteiger partial charge on any atom is -0.477 e. The highest BCUT2D eigenvalue weighted by Crippen LogP contribution is 2.38. The summed E-state index contributed by atoms with van der Waals surface area (Å²) in [4.78, 5) is 37.8. The van der Waals surface area contributed by atoms with Gasteiger partial charge in [0.05, 0.1) is 45.2 Å². The van der Waals surface area contributed by atoms with Crippen LogP contribution in [0.1, 0.15) is 20.3 Å². The average Bonchev–Trinajstić information content (AvgIpc) is 3.29. The van der Waals surface area contributed by atoms with Gasteiger partial charge in [-0.25, -0.2) is 4.79 Å². The number of carbonyl (C=O) groups excluding carboxylic acids is 2. The second-order valence-corrected chi connectivity index (χ2v) is 16.9. The van der Waals surface area contributed by atoms with E-state index in [0.29, 0.717) is 0 Å². The van der Waals surface area contributed by atoms with E-state index in [9.17, 15) is 101 Å². The van der Waals surface area contributed by atoms with Gasteiger partial charge in [0.25, 0.3) is 5.79 Å². The van der Waals surface area contributed by atoms with Crippen LogP contribution in [0.2, 0.25) is 0 Å². The van der Waals surface area contributed by atoms with Crippen LogP contribution in [0.3, 0.4) is 0 Å². The summed E-state index contributed by atoms with van der Waals surface area (Å²) < 4.78 is 50.9. The Morgan fingerprint density at radius 1 is 0.588 bits per heavy atom. The molecular weight excluding hydrogens is 936 g/mol. The number of carbonyl (C=O) groups is 3. The van der Waals surface area contributed by atoms with Gasteiger partial charge in [0, 0.05) is 20.3 Å². The van der Waals surface area contributed by atoms with Crippen LogP contribution in [0.5, 0.6) is 0 Å². The molecule has 31 nitrogen and oxygen atoms in total. The fourth-order valence-electron chi connectivity index (χ4n) is 8.42. The number of rotatable bonds is 18. The third-order valence-corrected chi connectivity index (χ3v) is 12.1. The minimum atomic E-state index is -3.06. The van der Waals surface area contributed by atoms with Crippen LogP contribution in [-0.2, 0) is 57.0 Å². The number of carboxylic acids is 1. The molecule has 0 radical (unpaired) electrons. The van der Waals surface area contributed by atoms with Gasteiger partial charge in [0.2, 0.25) is 11.8 Å². The van der Waals surface area contributed by atoms with Crippen molar-refractivity contribution in [2.45, 2.75) is 179 Å². The zero-order chi connectivity index (χ0) is 50.7. The Morgan fingerprint density at radius 2 is 1.10 bits per heavy atom. The largest absolute Gasteiger partial charge is 0.477 e. The fraction of sp³-hybridized carbons (Fsp3) is 0.919. The summed E-state index contributed by atoms with van der Waals surface area (Å²) in [5.41, 5.74) is 0. The van der Waals surface area contributed by atoms with Gasteiger partial charge < -0.3 is 140 Å². The Hall–Kier alpha value is -2.59. The van der Waals surface area contributed by atoms with E-state index in [1.165, 1.54) is 0 Å². The van der Waals surface area contributed by atoms with Gasteiger partial charge in [0.15, 0.2) is 25.2 Å². The lowest BCUT2D eigenvalue weighted by Gasteiger charge is -2.50. The molecule has 5 rings (SSSR count). The molecule has 19 N–H and O–H groups in total. The molecule has 0 aromatic heterocycles. The molecule has 68 heavy (non-hydrogen) atoms. The monoisotopic (exact) mass is 998 g/mol. The van der Waals surface area contributed by atoms with Crippen LogP contribution in [-0.4, -0.2) is 297 Å². The van der Waals surface area contributed by atoms with E-state index in [0.717, 1.165) is 13.8 Å². The highest BCUT2D eigenvalue weighted by Gasteiger charge is 2.59. The summed E-state index contributed by atoms with van der Waals surface area (Å²) in [6.07, 6.45) is -47.3. The Kier molecular flexibility index (Phi) is 19.7. The summed E-state index contributed by atoms with van der Waals surface area (Å²) in [5, 5.41) is 184. The number of ether oxygens (including phenoxy) is 9. The molecule has 5 heterocycles. The first-order chi connectivity index (χ1) is 31.9. The minimum absolute atomic E-state index is 0.808. The van der Waals surface area contributed by atoms with E-state index in [1.54, 1.807) is 0 Å². The first-order valence-corrected chi connectivity index (χ1v) is 21.2. The van der Waals surface area contributed by atoms with Gasteiger partial charge in [-0.2, -0.15) is 0 Å². The van der Waals surface area contributed by atoms with E-state index in [2.05, 4.69) is 10.6 Å². The molecule has 0 spiro atoms. The van der Waals surface area contributed by atoms with Crippen molar-refractivity contribution in [2.24, 2.45) is 0 Å². The van der Waals surface area contributed by atoms with Crippen molar-refractivity contribution in [3.05, 3.63) is 0 Å². The van der Waals surface area contributed by atoms with Crippen molar-refractivity contribution in [3.8, 4) is 0 Å². The maximum atomic E-state index is 13.0. The Bertz CT molecular complexity index is 1650. The number of hydrogen-bond donors (Lipinski definition) is 19. The van der Waals surface area contributed by atoms with Gasteiger partial charge in [0.1, 0.15) is 116 Å². The number of aliphatic hydroxyl groups is 16. The second-order valence-electron chi connectivity index (χ2n) is 16.9. The smallest absolute Gasteiger partial charge is 0.364 e. The summed E-state index contributed by atoms with van der Waals surface area (Å²) >= 11 is 0. The van der Waals surface area contributed by atoms with Crippen molar-refractivity contribution in [2.75, 3.05) is 33.0 Å². The topological polar surface area (TPSA) is 502 Å². The first-order valence-electron chi connectivity index (χ1n) is 21.2. The van der Waals surface area contributed by atoms with E-state index in [1.807, 2.05) is 0 Å². The predicted octanol–water partition coefficient (Wildman–Crippen LogP) is -12.4. The maximum absolute atomic E-state index is 13.0. The molecule has 14 unspecified atom stereocenters. The van der Waals surface area contributed by atoms with Gasteiger partial charge in [-0.3, -0.25) is 9.59 Å². The second kappa shape index (κ2) is 23.8. The van der Waals surface area contributed by atoms with Gasteiger partial charge in [-0.05, 0) is 0 Å². The molecule has 5 fully saturated rings. The molecule has 0 bridgehead atoms. The Morgan fingerprint density at radius 3 is 1.66 bits per heavy atom. The Balaban J connectivity index is 1.53. The maximum Gasteiger partial charge on any atom is 0.364 e. The number of carboxylic acid groups (broad SMARTS) is 1. The molecule has 2 amide bonds. The average molecular weight is 999 g/mol. The van der Waals surface area contributed by atoms with Crippen molar-refractivity contribution in [1.82, 2.24) is 10.6 Å². The zero-order valence-corrected chi connectivity index (χ0v) is 36.2. The van der Waals surface area contributed by atoms with Gasteiger partial charge in [-0.15, -0.1) is 0 Å². The van der Waals surface area contributed by atoms with Crippen LogP contribution in [0.25, 0.3) is 0 Å². The summed E-state index contributed by atoms with van der Waals surface area (Å²) in [7, 11) is 0. The quantitative estimate of drug-likeness (QED) is 0.0606. The van der Waals surface area contributed by atoms with E-state index in [-0.39, 0.29) is 0 Å². The summed E-state index contributed by atoms with van der Waals surface area (Å²) in [6.45, 7) is -3.31. The van der Waals surface area contributed by atoms with Gasteiger partial charge in [-0.1, -0.05) is 0 Å². The van der Waals surface area contributed by atoms with Crippen molar-refractivity contribution in [3.63, 3.8) is 0 Å². The molecule has 5 aliphatic heterocycles. The summed E-state index contributed by atoms with van der Waals surface area (Å²) in [6, 6.07) is -3.53. The molecule has 394 valence electrons. The Labute approximate surface area is 384 Å². The number of aliphatic carboxylic acids is 1. The highest BCUT2D eigenvalue weighted by atomic mass is 16.8. The van der Waals surface area contributed by atoms with E-state index < -0.39 is 216 Å². The SMILES string of the molecule is CC(=O)NC1C(O[C@@H]2OC(CO)[C@H](O)C(O)C2O)[C@H](O)C(CO[C@]2(C(=O)O)CC(O)[C@@H](NC(C)=O)C([C@H](O)[C@H](O)CO)O2)O[C@H]1OC1C(O)[C@H](O[C@@H]2C(CO)O[C@@H](O)C(O)C2O)OC(CO)[C@@H]1O. The third-order valence-electron chi connectivity index (χ3n) is 12.1. The van der Waals surface area contributed by atoms with Crippen molar-refractivity contribution < 1.29 is 144 Å². The first kappa shape index (κ1) is 56.3. The lowest BCUT2D eigenvalue weighted by Crippen LogP contribution is -2.71. The normalized spacial score (nSPS) is 46.6. The molecular formula is C37H62N2O29. The zero-order valence-electron chi connectivity index (χ0n) is 36.2. The molecule has 5 aliphatic rings. The van der Waals surface area contributed by atoms with Crippen LogP contribution in [0.4, 0.5) is 0 Å². The van der Waals surface area contributed by atoms with Crippen LogP contribution >= 0.6 is 0 Å². The van der Waals surface area contributed by atoms with E-state index >= 15 is 0 Å². The molecule has 0 aromatic rings. The van der Waals surface area contributed by atoms with E-state index in [4.69, 9.17) is 42.6 Å². The van der Waals surface area contributed by atoms with Gasteiger partial charge >= 0.3 is 5.97 Å². The standard InChI is InChI=1S/C37H62N2O29/c1-9(44)38-17-11(46)3-37(36(58)59,68-30(17)19(48)12(47)4-40)60-8-16-22(51)29(66-34-26(55)23(52)20(49)13(5-41)62-34)18(39-10(2)45)33(64-16)67-31-21(50)14(6-42)63-35(27(31)56)65-28-15(7-43)61-32(57)25(54)24(28)53/h11-35,40-43,46-57H,3-8H2,1-2H3,(H,38,44)(H,39,45)(H,58,59)/t11?,12-,13?,14?,15?,16?,17-,18?,19-,20+,21+,22-,23?,24?,25?,26?,27?,28-,29?,30?,31?,32-,33+,34+,35+,37-/m1/s1. The lowest BCUT2D eigenvalue weighted by atomic mass is 9.88. The van der Waals surface area contributed by atoms with Crippen molar-refractivity contribution in [1.29, 1.82) is 0 Å².